The molecule has 0 aliphatic heterocycles. The molecule has 13 heavy (non-hydrogen) atoms. The summed E-state index contributed by atoms with van der Waals surface area (Å²) in [6.45, 7) is 1.34. The summed E-state index contributed by atoms with van der Waals surface area (Å²) in [5.41, 5.74) is 12.9. The second-order valence-electron chi connectivity index (χ2n) is 3.04. The van der Waals surface area contributed by atoms with Gasteiger partial charge >= 0.3 is 0 Å². The van der Waals surface area contributed by atoms with Crippen LogP contribution in [0.25, 0.3) is 0 Å². The quantitative estimate of drug-likeness (QED) is 0.624. The molecule has 4 heteroatoms. The van der Waals surface area contributed by atoms with Crippen LogP contribution in [-0.2, 0) is 0 Å². The van der Waals surface area contributed by atoms with Gasteiger partial charge in [-0.3, -0.25) is 0 Å². The summed E-state index contributed by atoms with van der Waals surface area (Å²) in [4.78, 5) is 0. The van der Waals surface area contributed by atoms with Crippen LogP contribution in [0.2, 0.25) is 0 Å². The molecule has 72 valence electrons. The molecule has 0 radical (unpaired) electrons. The van der Waals surface area contributed by atoms with Crippen molar-refractivity contribution in [3.63, 3.8) is 0 Å². The topological polar surface area (TPSA) is 64.1 Å². The second-order valence-corrected chi connectivity index (χ2v) is 3.04. The van der Waals surface area contributed by atoms with Gasteiger partial charge in [-0.2, -0.15) is 0 Å². The first kappa shape index (κ1) is 9.64. The zero-order valence-electron chi connectivity index (χ0n) is 7.55. The minimum absolute atomic E-state index is 0.206. The lowest BCUT2D eigenvalue weighted by molar-refractivity contribution is 0.460. The first-order valence-electron chi connectivity index (χ1n) is 4.11. The number of anilines is 3. The van der Waals surface area contributed by atoms with Crippen LogP contribution >= 0.6 is 0 Å². The van der Waals surface area contributed by atoms with Crippen LogP contribution < -0.4 is 16.8 Å². The maximum Gasteiger partial charge on any atom is 0.109 e. The standard InChI is InChI=1S/C9H14FN3/c1-6(5-10)13-7-2-3-8(11)9(12)4-7/h2-4,6,13H,5,11-12H2,1H3. The predicted molar refractivity (Wildman–Crippen MR) is 54.3 cm³/mol. The highest BCUT2D eigenvalue weighted by Gasteiger charge is 2.01. The first-order chi connectivity index (χ1) is 6.13. The normalized spacial score (nSPS) is 12.5. The molecule has 5 N–H and O–H groups in total. The lowest BCUT2D eigenvalue weighted by atomic mass is 10.2. The van der Waals surface area contributed by atoms with Gasteiger partial charge in [0.1, 0.15) is 6.67 Å². The maximum atomic E-state index is 12.1. The SMILES string of the molecule is CC(CF)Nc1ccc(N)c(N)c1. The van der Waals surface area contributed by atoms with E-state index in [1.165, 1.54) is 0 Å². The van der Waals surface area contributed by atoms with Crippen molar-refractivity contribution in [3.05, 3.63) is 18.2 Å². The zero-order chi connectivity index (χ0) is 9.84. The Balaban J connectivity index is 2.73. The van der Waals surface area contributed by atoms with Crippen LogP contribution in [0.15, 0.2) is 18.2 Å². The van der Waals surface area contributed by atoms with Gasteiger partial charge in [-0.1, -0.05) is 0 Å². The predicted octanol–water partition coefficient (Wildman–Crippen LogP) is 1.62. The van der Waals surface area contributed by atoms with E-state index in [0.29, 0.717) is 11.4 Å². The average Bonchev–Trinajstić information content (AvgIpc) is 2.11. The largest absolute Gasteiger partial charge is 0.397 e. The molecule has 3 nitrogen and oxygen atoms in total. The maximum absolute atomic E-state index is 12.1. The molecule has 0 spiro atoms. The Hall–Kier alpha value is -1.45. The van der Waals surface area contributed by atoms with Crippen molar-refractivity contribution in [1.29, 1.82) is 0 Å². The fourth-order valence-corrected chi connectivity index (χ4v) is 0.988. The third-order valence-electron chi connectivity index (χ3n) is 1.73. The number of halogens is 1. The number of nitrogens with two attached hydrogens (primary N) is 2. The number of hydrogen-bond donors (Lipinski definition) is 3. The molecule has 1 atom stereocenters. The van der Waals surface area contributed by atoms with Crippen molar-refractivity contribution in [2.45, 2.75) is 13.0 Å². The van der Waals surface area contributed by atoms with Crippen LogP contribution in [0.5, 0.6) is 0 Å². The number of rotatable bonds is 3. The Morgan fingerprint density at radius 2 is 2.08 bits per heavy atom. The molecule has 0 saturated carbocycles. The third kappa shape index (κ3) is 2.50. The van der Waals surface area contributed by atoms with Crippen molar-refractivity contribution in [2.24, 2.45) is 0 Å². The van der Waals surface area contributed by atoms with Crippen molar-refractivity contribution >= 4 is 17.1 Å². The summed E-state index contributed by atoms with van der Waals surface area (Å²) >= 11 is 0. The van der Waals surface area contributed by atoms with Gasteiger partial charge in [0.2, 0.25) is 0 Å². The molecule has 1 rings (SSSR count). The minimum Gasteiger partial charge on any atom is -0.397 e. The number of nitrogens with one attached hydrogen (secondary N) is 1. The van der Waals surface area contributed by atoms with E-state index in [1.54, 1.807) is 25.1 Å². The Morgan fingerprint density at radius 3 is 2.62 bits per heavy atom. The smallest absolute Gasteiger partial charge is 0.109 e. The van der Waals surface area contributed by atoms with Gasteiger partial charge in [0, 0.05) is 5.69 Å². The Labute approximate surface area is 76.9 Å². The summed E-state index contributed by atoms with van der Waals surface area (Å²) < 4.78 is 12.1. The molecule has 1 aromatic carbocycles. The van der Waals surface area contributed by atoms with E-state index in [-0.39, 0.29) is 6.04 Å². The Morgan fingerprint density at radius 1 is 1.38 bits per heavy atom. The lowest BCUT2D eigenvalue weighted by Crippen LogP contribution is -2.17. The highest BCUT2D eigenvalue weighted by molar-refractivity contribution is 5.69. The summed E-state index contributed by atoms with van der Waals surface area (Å²) in [5, 5.41) is 2.95. The van der Waals surface area contributed by atoms with E-state index in [4.69, 9.17) is 11.5 Å². The summed E-state index contributed by atoms with van der Waals surface area (Å²) in [7, 11) is 0. The number of alkyl halides is 1. The molecule has 0 amide bonds. The molecule has 0 aromatic heterocycles. The van der Waals surface area contributed by atoms with Crippen LogP contribution in [0.3, 0.4) is 0 Å². The number of benzene rings is 1. The molecule has 0 bridgehead atoms. The highest BCUT2D eigenvalue weighted by Crippen LogP contribution is 2.19. The van der Waals surface area contributed by atoms with E-state index in [0.717, 1.165) is 5.69 Å². The molecular formula is C9H14FN3. The van der Waals surface area contributed by atoms with Crippen LogP contribution in [0, 0.1) is 0 Å². The van der Waals surface area contributed by atoms with Gasteiger partial charge in [0.05, 0.1) is 17.4 Å². The van der Waals surface area contributed by atoms with Crippen LogP contribution in [0.1, 0.15) is 6.92 Å². The van der Waals surface area contributed by atoms with Crippen molar-refractivity contribution in [3.8, 4) is 0 Å². The number of hydrogen-bond acceptors (Lipinski definition) is 3. The first-order valence-corrected chi connectivity index (χ1v) is 4.11. The van der Waals surface area contributed by atoms with Gasteiger partial charge in [-0.15, -0.1) is 0 Å². The van der Waals surface area contributed by atoms with Gasteiger partial charge in [0.25, 0.3) is 0 Å². The molecule has 0 aliphatic carbocycles. The van der Waals surface area contributed by atoms with Gasteiger partial charge in [-0.05, 0) is 25.1 Å². The highest BCUT2D eigenvalue weighted by atomic mass is 19.1. The van der Waals surface area contributed by atoms with Crippen LogP contribution in [0.4, 0.5) is 21.5 Å². The van der Waals surface area contributed by atoms with E-state index in [1.807, 2.05) is 0 Å². The molecular weight excluding hydrogens is 169 g/mol. The lowest BCUT2D eigenvalue weighted by Gasteiger charge is -2.12. The van der Waals surface area contributed by atoms with Crippen LogP contribution in [-0.4, -0.2) is 12.7 Å². The van der Waals surface area contributed by atoms with Crippen molar-refractivity contribution in [2.75, 3.05) is 23.5 Å². The molecule has 1 unspecified atom stereocenters. The van der Waals surface area contributed by atoms with Crippen molar-refractivity contribution < 1.29 is 4.39 Å². The second kappa shape index (κ2) is 3.98. The molecule has 1 aromatic rings. The van der Waals surface area contributed by atoms with Crippen molar-refractivity contribution in [1.82, 2.24) is 0 Å². The summed E-state index contributed by atoms with van der Waals surface area (Å²) in [6.07, 6.45) is 0. The Kier molecular flexibility index (Phi) is 2.95. The summed E-state index contributed by atoms with van der Waals surface area (Å²) in [6, 6.07) is 4.96. The average molecular weight is 183 g/mol. The van der Waals surface area contributed by atoms with E-state index < -0.39 is 6.67 Å². The fourth-order valence-electron chi connectivity index (χ4n) is 0.988. The number of nitrogen functional groups attached to an aromatic ring is 2. The van der Waals surface area contributed by atoms with E-state index in [2.05, 4.69) is 5.32 Å². The molecule has 0 aliphatic rings. The minimum atomic E-state index is -0.412. The third-order valence-corrected chi connectivity index (χ3v) is 1.73. The monoisotopic (exact) mass is 183 g/mol. The zero-order valence-corrected chi connectivity index (χ0v) is 7.55. The van der Waals surface area contributed by atoms with E-state index in [9.17, 15) is 4.39 Å². The molecule has 0 heterocycles. The summed E-state index contributed by atoms with van der Waals surface area (Å²) in [5.74, 6) is 0. The van der Waals surface area contributed by atoms with Gasteiger partial charge in [-0.25, -0.2) is 4.39 Å². The van der Waals surface area contributed by atoms with Gasteiger partial charge < -0.3 is 16.8 Å². The molecule has 0 fully saturated rings. The molecule has 0 saturated heterocycles. The Bertz CT molecular complexity index is 288. The fraction of sp³-hybridized carbons (Fsp3) is 0.333. The van der Waals surface area contributed by atoms with Gasteiger partial charge in [0.15, 0.2) is 0 Å². The van der Waals surface area contributed by atoms with E-state index >= 15 is 0 Å².